The minimum atomic E-state index is -0.242. The van der Waals surface area contributed by atoms with Gasteiger partial charge in [-0.15, -0.1) is 0 Å². The summed E-state index contributed by atoms with van der Waals surface area (Å²) < 4.78 is 5.13. The van der Waals surface area contributed by atoms with E-state index in [2.05, 4.69) is 10.3 Å². The van der Waals surface area contributed by atoms with Gasteiger partial charge < -0.3 is 10.1 Å². The molecule has 4 nitrogen and oxygen atoms in total. The number of ether oxygens (including phenoxy) is 1. The van der Waals surface area contributed by atoms with Crippen molar-refractivity contribution in [2.75, 3.05) is 7.11 Å². The number of amides is 1. The Morgan fingerprint density at radius 3 is 2.55 bits per heavy atom. The maximum absolute atomic E-state index is 12.3. The number of benzene rings is 1. The molecule has 0 saturated carbocycles. The molecule has 1 N–H and O–H groups in total. The van der Waals surface area contributed by atoms with E-state index in [0.717, 1.165) is 17.7 Å². The average Bonchev–Trinajstić information content (AvgIpc) is 2.55. The smallest absolute Gasteiger partial charge is 0.253 e. The van der Waals surface area contributed by atoms with Crippen molar-refractivity contribution < 1.29 is 9.53 Å². The summed E-state index contributed by atoms with van der Waals surface area (Å²) in [5.41, 5.74) is 1.38. The Hall–Kier alpha value is -1.78. The number of hydrogen-bond acceptors (Lipinski definition) is 3. The van der Waals surface area contributed by atoms with Crippen LogP contribution in [-0.4, -0.2) is 18.0 Å². The number of carbonyl (C=O) groups is 1. The lowest BCUT2D eigenvalue weighted by Gasteiger charge is -2.18. The van der Waals surface area contributed by atoms with Gasteiger partial charge in [0.15, 0.2) is 0 Å². The van der Waals surface area contributed by atoms with Crippen LogP contribution in [0.25, 0.3) is 0 Å². The van der Waals surface area contributed by atoms with Gasteiger partial charge in [-0.2, -0.15) is 0 Å². The van der Waals surface area contributed by atoms with Crippen LogP contribution in [-0.2, 0) is 0 Å². The van der Waals surface area contributed by atoms with Crippen molar-refractivity contribution in [2.24, 2.45) is 0 Å². The molecule has 0 aliphatic heterocycles. The standard InChI is InChI=1S/C16H16Cl2N2O2/c1-3-14(10-4-6-12(22-2)7-5-10)20-16(21)11-8-13(17)15(18)19-9-11/h4-9,14H,3H2,1-2H3,(H,20,21)/t14-/m1/s1. The molecule has 0 aliphatic rings. The van der Waals surface area contributed by atoms with Gasteiger partial charge in [0.25, 0.3) is 5.91 Å². The van der Waals surface area contributed by atoms with Gasteiger partial charge in [-0.3, -0.25) is 4.79 Å². The maximum Gasteiger partial charge on any atom is 0.253 e. The first-order chi connectivity index (χ1) is 10.5. The zero-order valence-corrected chi connectivity index (χ0v) is 13.8. The van der Waals surface area contributed by atoms with Gasteiger partial charge in [0.2, 0.25) is 0 Å². The number of rotatable bonds is 5. The number of nitrogens with zero attached hydrogens (tertiary/aromatic N) is 1. The summed E-state index contributed by atoms with van der Waals surface area (Å²) in [5, 5.41) is 3.40. The second-order valence-electron chi connectivity index (χ2n) is 4.70. The molecule has 2 rings (SSSR count). The molecule has 0 fully saturated rings. The Balaban J connectivity index is 2.14. The molecule has 6 heteroatoms. The van der Waals surface area contributed by atoms with Gasteiger partial charge in [0.1, 0.15) is 10.9 Å². The normalized spacial score (nSPS) is 11.8. The number of hydrogen-bond donors (Lipinski definition) is 1. The van der Waals surface area contributed by atoms with E-state index in [1.807, 2.05) is 31.2 Å². The third-order valence-corrected chi connectivity index (χ3v) is 3.98. The number of halogens is 2. The molecule has 0 saturated heterocycles. The summed E-state index contributed by atoms with van der Waals surface area (Å²) in [7, 11) is 1.62. The van der Waals surface area contributed by atoms with E-state index in [4.69, 9.17) is 27.9 Å². The molecule has 0 radical (unpaired) electrons. The van der Waals surface area contributed by atoms with E-state index in [9.17, 15) is 4.79 Å². The van der Waals surface area contributed by atoms with Gasteiger partial charge in [-0.05, 0) is 30.2 Å². The molecule has 1 atom stereocenters. The largest absolute Gasteiger partial charge is 0.497 e. The third kappa shape index (κ3) is 3.90. The van der Waals surface area contributed by atoms with Crippen LogP contribution in [0.3, 0.4) is 0 Å². The molecule has 0 unspecified atom stereocenters. The fourth-order valence-corrected chi connectivity index (χ4v) is 2.31. The van der Waals surface area contributed by atoms with Crippen LogP contribution in [0.15, 0.2) is 36.5 Å². The van der Waals surface area contributed by atoms with E-state index in [-0.39, 0.29) is 22.1 Å². The average molecular weight is 339 g/mol. The van der Waals surface area contributed by atoms with Gasteiger partial charge in [0, 0.05) is 6.20 Å². The van der Waals surface area contributed by atoms with Crippen LogP contribution in [0.5, 0.6) is 5.75 Å². The highest BCUT2D eigenvalue weighted by Crippen LogP contribution is 2.22. The lowest BCUT2D eigenvalue weighted by Crippen LogP contribution is -2.28. The highest BCUT2D eigenvalue weighted by Gasteiger charge is 2.15. The van der Waals surface area contributed by atoms with Crippen molar-refractivity contribution in [1.82, 2.24) is 10.3 Å². The van der Waals surface area contributed by atoms with Gasteiger partial charge >= 0.3 is 0 Å². The Bertz CT molecular complexity index is 660. The lowest BCUT2D eigenvalue weighted by atomic mass is 10.0. The maximum atomic E-state index is 12.3. The minimum Gasteiger partial charge on any atom is -0.497 e. The van der Waals surface area contributed by atoms with Crippen LogP contribution in [0.1, 0.15) is 35.3 Å². The second-order valence-corrected chi connectivity index (χ2v) is 5.47. The number of methoxy groups -OCH3 is 1. The fraction of sp³-hybridized carbons (Fsp3) is 0.250. The van der Waals surface area contributed by atoms with Gasteiger partial charge in [-0.1, -0.05) is 42.3 Å². The molecular weight excluding hydrogens is 323 g/mol. The molecular formula is C16H16Cl2N2O2. The molecule has 2 aromatic rings. The summed E-state index contributed by atoms with van der Waals surface area (Å²) in [6.45, 7) is 2.00. The van der Waals surface area contributed by atoms with Crippen molar-refractivity contribution >= 4 is 29.1 Å². The van der Waals surface area contributed by atoms with E-state index >= 15 is 0 Å². The van der Waals surface area contributed by atoms with E-state index in [1.165, 1.54) is 12.3 Å². The van der Waals surface area contributed by atoms with Gasteiger partial charge in [0.05, 0.1) is 23.7 Å². The molecule has 0 aliphatic carbocycles. The summed E-state index contributed by atoms with van der Waals surface area (Å²) in [6.07, 6.45) is 2.16. The van der Waals surface area contributed by atoms with Gasteiger partial charge in [-0.25, -0.2) is 4.98 Å². The number of pyridine rings is 1. The zero-order valence-electron chi connectivity index (χ0n) is 12.3. The molecule has 0 bridgehead atoms. The third-order valence-electron chi connectivity index (χ3n) is 3.29. The van der Waals surface area contributed by atoms with Crippen molar-refractivity contribution in [2.45, 2.75) is 19.4 Å². The number of carbonyl (C=O) groups excluding carboxylic acids is 1. The zero-order chi connectivity index (χ0) is 16.1. The molecule has 1 amide bonds. The fourth-order valence-electron chi connectivity index (χ4n) is 2.04. The SMILES string of the molecule is CC[C@@H](NC(=O)c1cnc(Cl)c(Cl)c1)c1ccc(OC)cc1. The van der Waals surface area contributed by atoms with Crippen molar-refractivity contribution in [3.63, 3.8) is 0 Å². The van der Waals surface area contributed by atoms with Crippen molar-refractivity contribution in [1.29, 1.82) is 0 Å². The summed E-state index contributed by atoms with van der Waals surface area (Å²) in [6, 6.07) is 9.00. The first-order valence-electron chi connectivity index (χ1n) is 6.81. The van der Waals surface area contributed by atoms with E-state index in [0.29, 0.717) is 5.56 Å². The Kier molecular flexibility index (Phi) is 5.63. The molecule has 1 aromatic carbocycles. The topological polar surface area (TPSA) is 51.2 Å². The minimum absolute atomic E-state index is 0.104. The molecule has 22 heavy (non-hydrogen) atoms. The Morgan fingerprint density at radius 2 is 2.00 bits per heavy atom. The molecule has 1 heterocycles. The first kappa shape index (κ1) is 16.6. The molecule has 116 valence electrons. The quantitative estimate of drug-likeness (QED) is 0.828. The predicted molar refractivity (Wildman–Crippen MR) is 87.7 cm³/mol. The van der Waals surface area contributed by atoms with Crippen molar-refractivity contribution in [3.05, 3.63) is 57.8 Å². The summed E-state index contributed by atoms with van der Waals surface area (Å²) in [4.78, 5) is 16.2. The highest BCUT2D eigenvalue weighted by atomic mass is 35.5. The summed E-state index contributed by atoms with van der Waals surface area (Å²) in [5.74, 6) is 0.535. The highest BCUT2D eigenvalue weighted by molar-refractivity contribution is 6.41. The van der Waals surface area contributed by atoms with E-state index in [1.54, 1.807) is 7.11 Å². The monoisotopic (exact) mass is 338 g/mol. The van der Waals surface area contributed by atoms with E-state index < -0.39 is 0 Å². The van der Waals surface area contributed by atoms with Crippen LogP contribution in [0.4, 0.5) is 0 Å². The predicted octanol–water partition coefficient (Wildman–Crippen LogP) is 4.28. The van der Waals surface area contributed by atoms with Crippen molar-refractivity contribution in [3.8, 4) is 5.75 Å². The Labute approximate surface area is 139 Å². The second kappa shape index (κ2) is 7.47. The first-order valence-corrected chi connectivity index (χ1v) is 7.56. The van der Waals surface area contributed by atoms with Crippen LogP contribution >= 0.6 is 23.2 Å². The number of aromatic nitrogens is 1. The molecule has 0 spiro atoms. The van der Waals surface area contributed by atoms with Crippen LogP contribution in [0, 0.1) is 0 Å². The molecule has 1 aromatic heterocycles. The van der Waals surface area contributed by atoms with Crippen LogP contribution < -0.4 is 10.1 Å². The Morgan fingerprint density at radius 1 is 1.32 bits per heavy atom. The lowest BCUT2D eigenvalue weighted by molar-refractivity contribution is 0.0935. The van der Waals surface area contributed by atoms with Crippen LogP contribution in [0.2, 0.25) is 10.2 Å². The number of nitrogens with one attached hydrogen (secondary N) is 1. The summed E-state index contributed by atoms with van der Waals surface area (Å²) >= 11 is 11.6.